The summed E-state index contributed by atoms with van der Waals surface area (Å²) in [4.78, 5) is 1.42. The lowest BCUT2D eigenvalue weighted by molar-refractivity contribution is 0.601. The molecule has 0 saturated heterocycles. The number of hydrogen-bond donors (Lipinski definition) is 0. The fourth-order valence-corrected chi connectivity index (χ4v) is 3.80. The van der Waals surface area contributed by atoms with Crippen LogP contribution in [0.5, 0.6) is 0 Å². The number of sulfone groups is 1. The highest BCUT2D eigenvalue weighted by Crippen LogP contribution is 2.21. The molecule has 0 unspecified atom stereocenters. The Morgan fingerprint density at radius 2 is 1.63 bits per heavy atom. The third-order valence-corrected chi connectivity index (χ3v) is 5.31. The SMILES string of the molecule is Cc1ccc(S(=O)(=O)[CH]CSc2ccccc2)cc1. The van der Waals surface area contributed by atoms with Crippen molar-refractivity contribution >= 4 is 21.6 Å². The summed E-state index contributed by atoms with van der Waals surface area (Å²) in [5, 5.41) is 0. The molecule has 0 spiro atoms. The minimum Gasteiger partial charge on any atom is -0.223 e. The average Bonchev–Trinajstić information content (AvgIpc) is 2.40. The van der Waals surface area contributed by atoms with E-state index in [9.17, 15) is 8.42 Å². The van der Waals surface area contributed by atoms with E-state index in [1.807, 2.05) is 49.4 Å². The molecule has 2 aromatic rings. The van der Waals surface area contributed by atoms with Gasteiger partial charge in [-0.1, -0.05) is 35.9 Å². The molecule has 0 bridgehead atoms. The summed E-state index contributed by atoms with van der Waals surface area (Å²) in [5.41, 5.74) is 1.05. The highest BCUT2D eigenvalue weighted by Gasteiger charge is 2.14. The smallest absolute Gasteiger partial charge is 0.183 e. The van der Waals surface area contributed by atoms with Crippen LogP contribution in [0.2, 0.25) is 0 Å². The fraction of sp³-hybridized carbons (Fsp3) is 0.133. The van der Waals surface area contributed by atoms with E-state index in [4.69, 9.17) is 0 Å². The molecule has 19 heavy (non-hydrogen) atoms. The van der Waals surface area contributed by atoms with Crippen molar-refractivity contribution < 1.29 is 8.42 Å². The molecule has 0 saturated carbocycles. The second kappa shape index (κ2) is 6.26. The van der Waals surface area contributed by atoms with Gasteiger partial charge in [-0.2, -0.15) is 0 Å². The largest absolute Gasteiger partial charge is 0.223 e. The minimum atomic E-state index is -3.29. The van der Waals surface area contributed by atoms with Gasteiger partial charge in [0, 0.05) is 10.6 Å². The van der Waals surface area contributed by atoms with Gasteiger partial charge < -0.3 is 0 Å². The van der Waals surface area contributed by atoms with Crippen LogP contribution >= 0.6 is 11.8 Å². The molecule has 2 nitrogen and oxygen atoms in total. The van der Waals surface area contributed by atoms with Crippen LogP contribution < -0.4 is 0 Å². The van der Waals surface area contributed by atoms with Crippen molar-refractivity contribution in [2.75, 3.05) is 5.75 Å². The molecule has 0 aliphatic heterocycles. The molecule has 0 aromatic heterocycles. The zero-order valence-electron chi connectivity index (χ0n) is 10.6. The first-order chi connectivity index (χ1) is 9.08. The van der Waals surface area contributed by atoms with Crippen molar-refractivity contribution in [3.05, 3.63) is 65.9 Å². The topological polar surface area (TPSA) is 34.1 Å². The molecule has 0 amide bonds. The monoisotopic (exact) mass is 291 g/mol. The highest BCUT2D eigenvalue weighted by atomic mass is 32.2. The maximum absolute atomic E-state index is 12.1. The van der Waals surface area contributed by atoms with Crippen LogP contribution in [0.3, 0.4) is 0 Å². The van der Waals surface area contributed by atoms with E-state index in [0.29, 0.717) is 10.6 Å². The molecule has 0 heterocycles. The fourth-order valence-electron chi connectivity index (χ4n) is 1.56. The van der Waals surface area contributed by atoms with Gasteiger partial charge in [0.2, 0.25) is 0 Å². The van der Waals surface area contributed by atoms with E-state index < -0.39 is 9.84 Å². The molecule has 2 aromatic carbocycles. The van der Waals surface area contributed by atoms with Crippen LogP contribution in [0.4, 0.5) is 0 Å². The number of hydrogen-bond acceptors (Lipinski definition) is 3. The van der Waals surface area contributed by atoms with Crippen LogP contribution in [-0.4, -0.2) is 14.2 Å². The lowest BCUT2D eigenvalue weighted by atomic mass is 10.2. The first-order valence-electron chi connectivity index (χ1n) is 5.91. The quantitative estimate of drug-likeness (QED) is 0.787. The first-order valence-corrected chi connectivity index (χ1v) is 8.44. The Balaban J connectivity index is 1.97. The maximum atomic E-state index is 12.1. The van der Waals surface area contributed by atoms with Gasteiger partial charge in [-0.25, -0.2) is 8.42 Å². The summed E-state index contributed by atoms with van der Waals surface area (Å²) in [6, 6.07) is 16.7. The predicted octanol–water partition coefficient (Wildman–Crippen LogP) is 3.72. The lowest BCUT2D eigenvalue weighted by Crippen LogP contribution is -2.03. The van der Waals surface area contributed by atoms with Crippen molar-refractivity contribution in [3.63, 3.8) is 0 Å². The van der Waals surface area contributed by atoms with Gasteiger partial charge in [-0.05, 0) is 31.2 Å². The molecule has 4 heteroatoms. The second-order valence-corrected chi connectivity index (χ2v) is 7.14. The first kappa shape index (κ1) is 14.2. The Hall–Kier alpha value is -1.26. The van der Waals surface area contributed by atoms with Crippen molar-refractivity contribution in [2.24, 2.45) is 0 Å². The van der Waals surface area contributed by atoms with Crippen LogP contribution in [0.1, 0.15) is 5.56 Å². The molecule has 99 valence electrons. The van der Waals surface area contributed by atoms with Crippen molar-refractivity contribution in [1.82, 2.24) is 0 Å². The number of aryl methyl sites for hydroxylation is 1. The molecule has 0 fully saturated rings. The molecule has 0 N–H and O–H groups in total. The summed E-state index contributed by atoms with van der Waals surface area (Å²) >= 11 is 1.51. The van der Waals surface area contributed by atoms with Gasteiger partial charge in [0.15, 0.2) is 9.84 Å². The standard InChI is InChI=1S/C15H15O2S2/c1-13-7-9-15(10-8-13)19(16,17)12-11-18-14-5-3-2-4-6-14/h2-10,12H,11H2,1H3. The molecule has 0 atom stereocenters. The van der Waals surface area contributed by atoms with Crippen molar-refractivity contribution in [3.8, 4) is 0 Å². The van der Waals surface area contributed by atoms with Gasteiger partial charge >= 0.3 is 0 Å². The van der Waals surface area contributed by atoms with Gasteiger partial charge in [0.25, 0.3) is 0 Å². The Morgan fingerprint density at radius 3 is 2.26 bits per heavy atom. The minimum absolute atomic E-state index is 0.353. The normalized spacial score (nSPS) is 11.4. The Bertz CT molecular complexity index is 617. The molecule has 0 aliphatic rings. The zero-order valence-corrected chi connectivity index (χ0v) is 12.2. The zero-order chi connectivity index (χ0) is 13.7. The van der Waals surface area contributed by atoms with E-state index in [2.05, 4.69) is 0 Å². The second-order valence-electron chi connectivity index (χ2n) is 4.15. The molecule has 1 radical (unpaired) electrons. The number of thioether (sulfide) groups is 1. The highest BCUT2D eigenvalue weighted by molar-refractivity contribution is 8.01. The molecular formula is C15H15O2S2. The van der Waals surface area contributed by atoms with Gasteiger partial charge in [-0.15, -0.1) is 11.8 Å². The van der Waals surface area contributed by atoms with E-state index in [1.54, 1.807) is 12.1 Å². The average molecular weight is 291 g/mol. The lowest BCUT2D eigenvalue weighted by Gasteiger charge is -2.04. The summed E-state index contributed by atoms with van der Waals surface area (Å²) in [6.45, 7) is 1.94. The maximum Gasteiger partial charge on any atom is 0.183 e. The summed E-state index contributed by atoms with van der Waals surface area (Å²) in [5.74, 6) is 1.82. The summed E-state index contributed by atoms with van der Waals surface area (Å²) < 4.78 is 24.1. The Kier molecular flexibility index (Phi) is 4.66. The third kappa shape index (κ3) is 4.11. The van der Waals surface area contributed by atoms with E-state index >= 15 is 0 Å². The molecular weight excluding hydrogens is 276 g/mol. The molecule has 0 aliphatic carbocycles. The van der Waals surface area contributed by atoms with Gasteiger partial charge in [0.1, 0.15) is 0 Å². The van der Waals surface area contributed by atoms with E-state index in [1.165, 1.54) is 17.5 Å². The van der Waals surface area contributed by atoms with E-state index in [-0.39, 0.29) is 0 Å². The number of rotatable bonds is 5. The summed E-state index contributed by atoms with van der Waals surface area (Å²) in [7, 11) is -3.29. The third-order valence-electron chi connectivity index (χ3n) is 2.63. The van der Waals surface area contributed by atoms with E-state index in [0.717, 1.165) is 10.5 Å². The van der Waals surface area contributed by atoms with Gasteiger partial charge in [0.05, 0.1) is 10.6 Å². The van der Waals surface area contributed by atoms with Gasteiger partial charge in [-0.3, -0.25) is 0 Å². The van der Waals surface area contributed by atoms with Crippen LogP contribution in [0, 0.1) is 12.7 Å². The van der Waals surface area contributed by atoms with Crippen LogP contribution in [-0.2, 0) is 9.84 Å². The van der Waals surface area contributed by atoms with Crippen molar-refractivity contribution in [1.29, 1.82) is 0 Å². The van der Waals surface area contributed by atoms with Crippen LogP contribution in [0.25, 0.3) is 0 Å². The molecule has 2 rings (SSSR count). The van der Waals surface area contributed by atoms with Crippen LogP contribution in [0.15, 0.2) is 64.4 Å². The Labute approximate surface area is 118 Å². The predicted molar refractivity (Wildman–Crippen MR) is 79.8 cm³/mol. The number of benzene rings is 2. The van der Waals surface area contributed by atoms with Crippen molar-refractivity contribution in [2.45, 2.75) is 16.7 Å². The summed E-state index contributed by atoms with van der Waals surface area (Å²) in [6.07, 6.45) is 0. The Morgan fingerprint density at radius 1 is 1.00 bits per heavy atom.